The predicted octanol–water partition coefficient (Wildman–Crippen LogP) is 2.70. The molecule has 134 valence electrons. The Morgan fingerprint density at radius 2 is 2.08 bits per heavy atom. The molecule has 0 bridgehead atoms. The van der Waals surface area contributed by atoms with Gasteiger partial charge in [-0.25, -0.2) is 19.9 Å². The molecule has 2 aromatic heterocycles. The molecule has 0 amide bonds. The fraction of sp³-hybridized carbons (Fsp3) is 0.556. The van der Waals surface area contributed by atoms with Gasteiger partial charge in [0.25, 0.3) is 5.88 Å². The Morgan fingerprint density at radius 1 is 1.24 bits per heavy atom. The van der Waals surface area contributed by atoms with Crippen molar-refractivity contribution >= 4 is 11.6 Å². The maximum atomic E-state index is 5.76. The highest BCUT2D eigenvalue weighted by molar-refractivity contribution is 5.47. The lowest BCUT2D eigenvalue weighted by atomic mass is 10.1. The number of rotatable bonds is 6. The Morgan fingerprint density at radius 3 is 2.88 bits per heavy atom. The van der Waals surface area contributed by atoms with Crippen LogP contribution in [0, 0.1) is 0 Å². The van der Waals surface area contributed by atoms with Crippen LogP contribution in [0.15, 0.2) is 24.8 Å². The molecule has 7 heteroatoms. The average Bonchev–Trinajstić information content (AvgIpc) is 2.63. The molecule has 7 nitrogen and oxygen atoms in total. The molecule has 1 unspecified atom stereocenters. The molecule has 0 saturated carbocycles. The van der Waals surface area contributed by atoms with Gasteiger partial charge in [0.2, 0.25) is 0 Å². The van der Waals surface area contributed by atoms with Crippen molar-refractivity contribution in [3.05, 3.63) is 30.5 Å². The Kier molecular flexibility index (Phi) is 5.63. The molecule has 1 aliphatic heterocycles. The van der Waals surface area contributed by atoms with Gasteiger partial charge in [-0.1, -0.05) is 6.92 Å². The second kappa shape index (κ2) is 8.09. The van der Waals surface area contributed by atoms with E-state index in [0.717, 1.165) is 43.9 Å². The number of nitrogens with one attached hydrogen (secondary N) is 1. The summed E-state index contributed by atoms with van der Waals surface area (Å²) >= 11 is 0. The first-order valence-corrected chi connectivity index (χ1v) is 8.95. The van der Waals surface area contributed by atoms with Gasteiger partial charge in [0.15, 0.2) is 5.82 Å². The van der Waals surface area contributed by atoms with E-state index in [-0.39, 0.29) is 12.1 Å². The van der Waals surface area contributed by atoms with Crippen molar-refractivity contribution in [1.29, 1.82) is 0 Å². The second-order valence-corrected chi connectivity index (χ2v) is 6.53. The molecule has 2 aromatic rings. The highest BCUT2D eigenvalue weighted by atomic mass is 16.5. The minimum atomic E-state index is 0.0635. The molecule has 25 heavy (non-hydrogen) atoms. The first-order valence-electron chi connectivity index (χ1n) is 8.95. The van der Waals surface area contributed by atoms with Crippen LogP contribution in [0.25, 0.3) is 0 Å². The maximum absolute atomic E-state index is 5.76. The zero-order chi connectivity index (χ0) is 17.6. The molecule has 0 spiro atoms. The minimum Gasteiger partial charge on any atom is -0.472 e. The number of hydrogen-bond donors (Lipinski definition) is 1. The SMILES string of the molecule is CCc1cc(N2CCCC(Nc3nccnc3OC(C)C)C2)ncn1. The highest BCUT2D eigenvalue weighted by Gasteiger charge is 2.23. The average molecular weight is 342 g/mol. The fourth-order valence-electron chi connectivity index (χ4n) is 2.98. The molecule has 1 N–H and O–H groups in total. The summed E-state index contributed by atoms with van der Waals surface area (Å²) < 4.78 is 5.76. The van der Waals surface area contributed by atoms with Crippen LogP contribution >= 0.6 is 0 Å². The van der Waals surface area contributed by atoms with Crippen molar-refractivity contribution in [3.63, 3.8) is 0 Å². The maximum Gasteiger partial charge on any atom is 0.257 e. The van der Waals surface area contributed by atoms with Crippen LogP contribution in [0.4, 0.5) is 11.6 Å². The molecule has 0 radical (unpaired) electrons. The minimum absolute atomic E-state index is 0.0635. The van der Waals surface area contributed by atoms with Crippen LogP contribution in [0.3, 0.4) is 0 Å². The van der Waals surface area contributed by atoms with Crippen LogP contribution in [-0.2, 0) is 6.42 Å². The lowest BCUT2D eigenvalue weighted by molar-refractivity contribution is 0.233. The number of aromatic nitrogens is 4. The Labute approximate surface area is 148 Å². The predicted molar refractivity (Wildman–Crippen MR) is 98.1 cm³/mol. The Balaban J connectivity index is 1.70. The molecule has 1 fully saturated rings. The third kappa shape index (κ3) is 4.55. The fourth-order valence-corrected chi connectivity index (χ4v) is 2.98. The molecule has 1 atom stereocenters. The largest absolute Gasteiger partial charge is 0.472 e. The van der Waals surface area contributed by atoms with E-state index in [4.69, 9.17) is 4.74 Å². The summed E-state index contributed by atoms with van der Waals surface area (Å²) in [7, 11) is 0. The summed E-state index contributed by atoms with van der Waals surface area (Å²) in [5, 5.41) is 3.50. The van der Waals surface area contributed by atoms with E-state index in [1.807, 2.05) is 13.8 Å². The van der Waals surface area contributed by atoms with E-state index in [9.17, 15) is 0 Å². The van der Waals surface area contributed by atoms with Crippen molar-refractivity contribution in [2.75, 3.05) is 23.3 Å². The zero-order valence-corrected chi connectivity index (χ0v) is 15.1. The lowest BCUT2D eigenvalue weighted by Crippen LogP contribution is -2.42. The summed E-state index contributed by atoms with van der Waals surface area (Å²) in [4.78, 5) is 19.8. The topological polar surface area (TPSA) is 76.1 Å². The molecular weight excluding hydrogens is 316 g/mol. The van der Waals surface area contributed by atoms with Crippen molar-refractivity contribution in [3.8, 4) is 5.88 Å². The van der Waals surface area contributed by atoms with Crippen LogP contribution in [0.1, 0.15) is 39.3 Å². The summed E-state index contributed by atoms with van der Waals surface area (Å²) in [5.74, 6) is 2.26. The third-order valence-electron chi connectivity index (χ3n) is 4.17. The zero-order valence-electron chi connectivity index (χ0n) is 15.1. The third-order valence-corrected chi connectivity index (χ3v) is 4.17. The molecular formula is C18H26N6O. The van der Waals surface area contributed by atoms with Crippen molar-refractivity contribution < 1.29 is 4.74 Å². The van der Waals surface area contributed by atoms with Gasteiger partial charge in [0.05, 0.1) is 6.10 Å². The monoisotopic (exact) mass is 342 g/mol. The van der Waals surface area contributed by atoms with Gasteiger partial charge in [-0.3, -0.25) is 0 Å². The summed E-state index contributed by atoms with van der Waals surface area (Å²) in [6.07, 6.45) is 8.16. The van der Waals surface area contributed by atoms with E-state index >= 15 is 0 Å². The van der Waals surface area contributed by atoms with Crippen molar-refractivity contribution in [2.45, 2.75) is 52.2 Å². The summed E-state index contributed by atoms with van der Waals surface area (Å²) in [6, 6.07) is 2.36. The van der Waals surface area contributed by atoms with Crippen LogP contribution in [-0.4, -0.2) is 45.2 Å². The quantitative estimate of drug-likeness (QED) is 0.865. The Bertz CT molecular complexity index is 693. The first-order chi connectivity index (χ1) is 12.2. The number of ether oxygens (including phenoxy) is 1. The van der Waals surface area contributed by atoms with Crippen LogP contribution < -0.4 is 15.0 Å². The molecule has 3 heterocycles. The molecule has 3 rings (SSSR count). The summed E-state index contributed by atoms with van der Waals surface area (Å²) in [6.45, 7) is 7.96. The summed E-state index contributed by atoms with van der Waals surface area (Å²) in [5.41, 5.74) is 1.07. The molecule has 1 aliphatic rings. The second-order valence-electron chi connectivity index (χ2n) is 6.53. The van der Waals surface area contributed by atoms with Gasteiger partial charge in [-0.05, 0) is 33.1 Å². The number of anilines is 2. The number of nitrogens with zero attached hydrogens (tertiary/aromatic N) is 5. The van der Waals surface area contributed by atoms with Gasteiger partial charge >= 0.3 is 0 Å². The standard InChI is InChI=1S/C18H26N6O/c1-4-14-10-16(22-12-21-14)24-9-5-6-15(11-24)23-17-18(25-13(2)3)20-8-7-19-17/h7-8,10,12-13,15H,4-6,9,11H2,1-3H3,(H,19,23). The van der Waals surface area contributed by atoms with E-state index in [1.54, 1.807) is 18.7 Å². The van der Waals surface area contributed by atoms with Gasteiger partial charge in [0, 0.05) is 43.3 Å². The number of hydrogen-bond acceptors (Lipinski definition) is 7. The molecule has 1 saturated heterocycles. The number of aryl methyl sites for hydroxylation is 1. The van der Waals surface area contributed by atoms with Crippen LogP contribution in [0.5, 0.6) is 5.88 Å². The van der Waals surface area contributed by atoms with Gasteiger partial charge in [-0.15, -0.1) is 0 Å². The van der Waals surface area contributed by atoms with Gasteiger partial charge in [-0.2, -0.15) is 0 Å². The normalized spacial score (nSPS) is 17.6. The lowest BCUT2D eigenvalue weighted by Gasteiger charge is -2.34. The van der Waals surface area contributed by atoms with Gasteiger partial charge < -0.3 is 15.0 Å². The molecule has 0 aromatic carbocycles. The smallest absolute Gasteiger partial charge is 0.257 e. The van der Waals surface area contributed by atoms with E-state index in [1.165, 1.54) is 0 Å². The van der Waals surface area contributed by atoms with Crippen molar-refractivity contribution in [1.82, 2.24) is 19.9 Å². The first kappa shape index (κ1) is 17.4. The van der Waals surface area contributed by atoms with E-state index in [2.05, 4.69) is 43.1 Å². The highest BCUT2D eigenvalue weighted by Crippen LogP contribution is 2.24. The van der Waals surface area contributed by atoms with Crippen molar-refractivity contribution in [2.24, 2.45) is 0 Å². The molecule has 0 aliphatic carbocycles. The number of piperidine rings is 1. The van der Waals surface area contributed by atoms with E-state index in [0.29, 0.717) is 11.7 Å². The van der Waals surface area contributed by atoms with Crippen LogP contribution in [0.2, 0.25) is 0 Å². The van der Waals surface area contributed by atoms with Gasteiger partial charge in [0.1, 0.15) is 12.1 Å². The van der Waals surface area contributed by atoms with E-state index < -0.39 is 0 Å². The Hall–Kier alpha value is -2.44.